The van der Waals surface area contributed by atoms with Gasteiger partial charge in [-0.3, -0.25) is 0 Å². The molecule has 452 valence electrons. The molecule has 1 aliphatic carbocycles. The maximum Gasteiger partial charge on any atom is 0.227 e. The van der Waals surface area contributed by atoms with Crippen molar-refractivity contribution in [2.24, 2.45) is 0 Å². The monoisotopic (exact) mass is 1240 g/mol. The van der Waals surface area contributed by atoms with E-state index in [0.717, 1.165) is 83.3 Å². The second kappa shape index (κ2) is 21.8. The molecule has 20 aromatic rings. The average molecular weight is 1240 g/mol. The summed E-state index contributed by atoms with van der Waals surface area (Å²) >= 11 is 0. The lowest BCUT2D eigenvalue weighted by atomic mass is 9.94. The lowest BCUT2D eigenvalue weighted by molar-refractivity contribution is 0.623. The van der Waals surface area contributed by atoms with Gasteiger partial charge in [0, 0.05) is 71.3 Å². The minimum atomic E-state index is 0.581. The normalized spacial score (nSPS) is 12.1. The van der Waals surface area contributed by atoms with Gasteiger partial charge in [0.05, 0.1) is 22.1 Å². The van der Waals surface area contributed by atoms with Crippen molar-refractivity contribution >= 4 is 109 Å². The van der Waals surface area contributed by atoms with Crippen LogP contribution in [0.5, 0.6) is 0 Å². The first kappa shape index (κ1) is 54.5. The molecule has 5 aromatic heterocycles. The van der Waals surface area contributed by atoms with Gasteiger partial charge in [0.2, 0.25) is 5.89 Å². The van der Waals surface area contributed by atoms with Crippen molar-refractivity contribution in [3.63, 3.8) is 0 Å². The van der Waals surface area contributed by atoms with Gasteiger partial charge in [0.1, 0.15) is 16.7 Å². The summed E-state index contributed by atoms with van der Waals surface area (Å²) in [6.07, 6.45) is 0.993. The minimum Gasteiger partial charge on any atom is -0.456 e. The van der Waals surface area contributed by atoms with Gasteiger partial charge in [-0.25, -0.2) is 19.9 Å². The molecule has 0 aliphatic heterocycles. The van der Waals surface area contributed by atoms with Crippen LogP contribution >= 0.6 is 0 Å². The Labute approximate surface area is 555 Å². The van der Waals surface area contributed by atoms with Gasteiger partial charge >= 0.3 is 0 Å². The highest BCUT2D eigenvalue weighted by Gasteiger charge is 2.25. The van der Waals surface area contributed by atoms with Crippen LogP contribution in [0.3, 0.4) is 0 Å². The third-order valence-electron chi connectivity index (χ3n) is 19.6. The first-order valence-corrected chi connectivity index (χ1v) is 32.9. The molecule has 0 bridgehead atoms. The van der Waals surface area contributed by atoms with E-state index < -0.39 is 0 Å². The standard InChI is InChI=1S/C47H30N2.C42H24N4O2/c1-2-16-34(17-3-1)48-43-25-24-30-12-4-6-19-36(30)47(43)41-28-40-39-21-8-9-23-42(39)49(44(40)29-45(41)48)35-18-10-14-32(27-35)38-22-11-15-33-26-31-13-5-7-20-37(31)46(33)38;1-3-10-27(11-4-1)39-44-40(46-41(45-39)31-15-9-17-35-37(31)30-14-7-8-16-34(30)47-35)29-21-19-25-18-20-26-22-23-33-38(36(26)32(25)24-29)48-42(43-33)28-12-5-2-6-13-28/h1-25,27-29H,26H2;1-24H. The second-order valence-electron chi connectivity index (χ2n) is 25.2. The molecule has 8 heteroatoms. The van der Waals surface area contributed by atoms with Gasteiger partial charge in [0.15, 0.2) is 23.1 Å². The largest absolute Gasteiger partial charge is 0.456 e. The quantitative estimate of drug-likeness (QED) is 0.148. The van der Waals surface area contributed by atoms with E-state index in [4.69, 9.17) is 28.8 Å². The van der Waals surface area contributed by atoms with Crippen LogP contribution in [0.15, 0.2) is 324 Å². The van der Waals surface area contributed by atoms with E-state index in [1.54, 1.807) is 0 Å². The Morgan fingerprint density at radius 2 is 0.876 bits per heavy atom. The summed E-state index contributed by atoms with van der Waals surface area (Å²) < 4.78 is 17.6. The number of furan rings is 1. The van der Waals surface area contributed by atoms with Crippen LogP contribution in [0.1, 0.15) is 11.1 Å². The first-order chi connectivity index (χ1) is 48.1. The van der Waals surface area contributed by atoms with Crippen molar-refractivity contribution in [2.45, 2.75) is 6.42 Å². The number of hydrogen-bond acceptors (Lipinski definition) is 6. The van der Waals surface area contributed by atoms with E-state index in [0.29, 0.717) is 23.4 Å². The van der Waals surface area contributed by atoms with Crippen LogP contribution < -0.4 is 0 Å². The Bertz CT molecular complexity index is 6600. The molecule has 97 heavy (non-hydrogen) atoms. The molecule has 21 rings (SSSR count). The van der Waals surface area contributed by atoms with Gasteiger partial charge in [-0.2, -0.15) is 0 Å². The summed E-state index contributed by atoms with van der Waals surface area (Å²) in [6, 6.07) is 112. The van der Waals surface area contributed by atoms with Crippen LogP contribution in [-0.2, 0) is 6.42 Å². The van der Waals surface area contributed by atoms with Gasteiger partial charge in [-0.05, 0) is 152 Å². The Balaban J connectivity index is 0.000000132. The van der Waals surface area contributed by atoms with Gasteiger partial charge < -0.3 is 18.0 Å². The molecule has 0 saturated carbocycles. The van der Waals surface area contributed by atoms with E-state index >= 15 is 0 Å². The molecule has 0 saturated heterocycles. The van der Waals surface area contributed by atoms with E-state index in [9.17, 15) is 0 Å². The molecule has 8 nitrogen and oxygen atoms in total. The fraction of sp³-hybridized carbons (Fsp3) is 0.0112. The summed E-state index contributed by atoms with van der Waals surface area (Å²) in [5, 5.41) is 13.9. The number of benzene rings is 15. The van der Waals surface area contributed by atoms with Crippen molar-refractivity contribution in [1.29, 1.82) is 0 Å². The van der Waals surface area contributed by atoms with Gasteiger partial charge in [-0.15, -0.1) is 0 Å². The predicted molar refractivity (Wildman–Crippen MR) is 398 cm³/mol. The highest BCUT2D eigenvalue weighted by Crippen LogP contribution is 2.46. The van der Waals surface area contributed by atoms with Crippen LogP contribution in [0, 0.1) is 0 Å². The van der Waals surface area contributed by atoms with Crippen LogP contribution in [0.4, 0.5) is 0 Å². The Morgan fingerprint density at radius 3 is 1.75 bits per heavy atom. The zero-order valence-electron chi connectivity index (χ0n) is 52.2. The molecule has 0 atom stereocenters. The van der Waals surface area contributed by atoms with Crippen molar-refractivity contribution < 1.29 is 8.83 Å². The fourth-order valence-corrected chi connectivity index (χ4v) is 15.3. The Hall–Kier alpha value is -13.0. The number of nitrogens with zero attached hydrogens (tertiary/aromatic N) is 6. The maximum absolute atomic E-state index is 6.48. The number of hydrogen-bond donors (Lipinski definition) is 0. The first-order valence-electron chi connectivity index (χ1n) is 32.9. The molecule has 5 heterocycles. The van der Waals surface area contributed by atoms with Crippen molar-refractivity contribution in [1.82, 2.24) is 29.1 Å². The maximum atomic E-state index is 6.48. The molecular formula is C89H54N6O2. The van der Waals surface area contributed by atoms with Gasteiger partial charge in [0.25, 0.3) is 0 Å². The molecule has 0 unspecified atom stereocenters. The average Bonchev–Trinajstić information content (AvgIpc) is 1.55. The predicted octanol–water partition coefficient (Wildman–Crippen LogP) is 23.2. The van der Waals surface area contributed by atoms with E-state index in [-0.39, 0.29) is 0 Å². The third-order valence-corrected chi connectivity index (χ3v) is 19.6. The van der Waals surface area contributed by atoms with E-state index in [2.05, 4.69) is 228 Å². The summed E-state index contributed by atoms with van der Waals surface area (Å²) in [4.78, 5) is 20.0. The molecule has 1 aliphatic rings. The Kier molecular flexibility index (Phi) is 12.2. The Morgan fingerprint density at radius 1 is 0.278 bits per heavy atom. The number of aromatic nitrogens is 6. The second-order valence-corrected chi connectivity index (χ2v) is 25.2. The van der Waals surface area contributed by atoms with Crippen molar-refractivity contribution in [3.8, 4) is 79.2 Å². The third kappa shape index (κ3) is 8.77. The van der Waals surface area contributed by atoms with Gasteiger partial charge in [-0.1, -0.05) is 231 Å². The number of para-hydroxylation sites is 3. The van der Waals surface area contributed by atoms with Crippen LogP contribution in [0.25, 0.3) is 188 Å². The fourth-order valence-electron chi connectivity index (χ4n) is 15.3. The zero-order chi connectivity index (χ0) is 63.7. The molecular weight excluding hydrogens is 1190 g/mol. The molecule has 0 spiro atoms. The molecule has 0 fully saturated rings. The summed E-state index contributed by atoms with van der Waals surface area (Å²) in [5.74, 6) is 2.36. The van der Waals surface area contributed by atoms with E-state index in [1.165, 1.54) is 99.1 Å². The summed E-state index contributed by atoms with van der Waals surface area (Å²) in [6.45, 7) is 0. The number of rotatable bonds is 7. The lowest BCUT2D eigenvalue weighted by Gasteiger charge is -2.14. The lowest BCUT2D eigenvalue weighted by Crippen LogP contribution is -2.00. The van der Waals surface area contributed by atoms with Crippen molar-refractivity contribution in [3.05, 3.63) is 327 Å². The number of fused-ring (bicyclic) bond motifs is 19. The smallest absolute Gasteiger partial charge is 0.227 e. The van der Waals surface area contributed by atoms with E-state index in [1.807, 2.05) is 97.1 Å². The summed E-state index contributed by atoms with van der Waals surface area (Å²) in [5.41, 5.74) is 22.1. The highest BCUT2D eigenvalue weighted by atomic mass is 16.3. The molecule has 0 radical (unpaired) electrons. The number of oxazole rings is 1. The van der Waals surface area contributed by atoms with Crippen LogP contribution in [-0.4, -0.2) is 29.1 Å². The topological polar surface area (TPSA) is 87.7 Å². The SMILES string of the molecule is c1ccc(-c2nc(-c3ccc4ccc5ccc6nc(-c7ccccc7)oc6c5c4c3)nc(-c3cccc4oc5ccccc5c34)n2)cc1.c1ccc(-n2c3cc4c(cc3c3c5ccccc5ccc32)c2ccccc2n4-c2cccc(-c3cccc4c3-c3ccccc3C4)c2)cc1. The minimum absolute atomic E-state index is 0.581. The summed E-state index contributed by atoms with van der Waals surface area (Å²) in [7, 11) is 0. The zero-order valence-corrected chi connectivity index (χ0v) is 52.2. The molecule has 0 N–H and O–H groups in total. The van der Waals surface area contributed by atoms with Crippen molar-refractivity contribution in [2.75, 3.05) is 0 Å². The molecule has 0 amide bonds. The highest BCUT2D eigenvalue weighted by molar-refractivity contribution is 6.26. The van der Waals surface area contributed by atoms with Crippen LogP contribution in [0.2, 0.25) is 0 Å². The molecule has 15 aromatic carbocycles.